The molecule has 164 valence electrons. The van der Waals surface area contributed by atoms with Crippen LogP contribution in [0.1, 0.15) is 31.9 Å². The van der Waals surface area contributed by atoms with Crippen LogP contribution in [0.2, 0.25) is 0 Å². The Bertz CT molecular complexity index is 1020. The standard InChI is InChI=1S/C21H25N5O4S/c1-3-29-17-9-5-4-8-16(17)23-20(28)14(2)31-21-25-24-19(11-10-18(22)27)26(21)13-15-7-6-12-30-15/h4-9,12,14H,3,10-11,13H2,1-2H3,(H2,22,27)(H,23,28). The van der Waals surface area contributed by atoms with Crippen molar-refractivity contribution >= 4 is 29.3 Å². The van der Waals surface area contributed by atoms with E-state index in [4.69, 9.17) is 14.9 Å². The van der Waals surface area contributed by atoms with Crippen molar-refractivity contribution in [3.05, 3.63) is 54.2 Å². The second kappa shape index (κ2) is 10.7. The van der Waals surface area contributed by atoms with Gasteiger partial charge in [0.05, 0.1) is 30.4 Å². The zero-order valence-electron chi connectivity index (χ0n) is 17.4. The first-order chi connectivity index (χ1) is 15.0. The number of nitrogens with two attached hydrogens (primary N) is 1. The van der Waals surface area contributed by atoms with E-state index >= 15 is 0 Å². The number of rotatable bonds is 11. The van der Waals surface area contributed by atoms with E-state index in [9.17, 15) is 9.59 Å². The predicted octanol–water partition coefficient (Wildman–Crippen LogP) is 2.86. The number of thioether (sulfide) groups is 1. The molecule has 0 bridgehead atoms. The van der Waals surface area contributed by atoms with Gasteiger partial charge in [-0.3, -0.25) is 14.2 Å². The summed E-state index contributed by atoms with van der Waals surface area (Å²) in [5.41, 5.74) is 5.89. The number of aryl methyl sites for hydroxylation is 1. The molecule has 0 aliphatic rings. The number of hydrogen-bond donors (Lipinski definition) is 2. The minimum atomic E-state index is -0.460. The zero-order valence-corrected chi connectivity index (χ0v) is 18.2. The summed E-state index contributed by atoms with van der Waals surface area (Å²) in [6.07, 6.45) is 2.10. The third kappa shape index (κ3) is 6.11. The van der Waals surface area contributed by atoms with Crippen LogP contribution in [-0.4, -0.2) is 38.4 Å². The maximum Gasteiger partial charge on any atom is 0.237 e. The van der Waals surface area contributed by atoms with Gasteiger partial charge in [-0.2, -0.15) is 0 Å². The molecule has 3 N–H and O–H groups in total. The Morgan fingerprint density at radius 2 is 2.06 bits per heavy atom. The SMILES string of the molecule is CCOc1ccccc1NC(=O)C(C)Sc1nnc(CCC(N)=O)n1Cc1ccco1. The number of aromatic nitrogens is 3. The largest absolute Gasteiger partial charge is 0.492 e. The zero-order chi connectivity index (χ0) is 22.2. The molecule has 1 atom stereocenters. The summed E-state index contributed by atoms with van der Waals surface area (Å²) in [6, 6.07) is 10.9. The Labute approximate surface area is 184 Å². The molecule has 3 rings (SSSR count). The maximum atomic E-state index is 12.8. The lowest BCUT2D eigenvalue weighted by Crippen LogP contribution is -2.23. The molecule has 1 aromatic carbocycles. The minimum Gasteiger partial charge on any atom is -0.492 e. The Hall–Kier alpha value is -3.27. The smallest absolute Gasteiger partial charge is 0.237 e. The molecule has 3 aromatic rings. The molecule has 2 aromatic heterocycles. The van der Waals surface area contributed by atoms with Gasteiger partial charge in [0.15, 0.2) is 5.16 Å². The van der Waals surface area contributed by atoms with Crippen molar-refractivity contribution in [3.63, 3.8) is 0 Å². The summed E-state index contributed by atoms with van der Waals surface area (Å²) >= 11 is 1.27. The Kier molecular flexibility index (Phi) is 7.71. The normalized spacial score (nSPS) is 11.8. The number of carbonyl (C=O) groups excluding carboxylic acids is 2. The summed E-state index contributed by atoms with van der Waals surface area (Å²) in [4.78, 5) is 24.0. The molecule has 0 saturated heterocycles. The van der Waals surface area contributed by atoms with Gasteiger partial charge in [0.25, 0.3) is 0 Å². The van der Waals surface area contributed by atoms with E-state index in [0.29, 0.717) is 47.8 Å². The number of nitrogens with one attached hydrogen (secondary N) is 1. The van der Waals surface area contributed by atoms with Crippen LogP contribution in [0.25, 0.3) is 0 Å². The monoisotopic (exact) mass is 443 g/mol. The Morgan fingerprint density at radius 1 is 1.26 bits per heavy atom. The molecular formula is C21H25N5O4S. The van der Waals surface area contributed by atoms with Gasteiger partial charge in [-0.15, -0.1) is 10.2 Å². The number of amides is 2. The van der Waals surface area contributed by atoms with E-state index in [1.807, 2.05) is 35.8 Å². The van der Waals surface area contributed by atoms with Crippen LogP contribution in [0.3, 0.4) is 0 Å². The number of hydrogen-bond acceptors (Lipinski definition) is 7. The predicted molar refractivity (Wildman–Crippen MR) is 117 cm³/mol. The van der Waals surface area contributed by atoms with Crippen LogP contribution in [0.4, 0.5) is 5.69 Å². The lowest BCUT2D eigenvalue weighted by molar-refractivity contribution is -0.118. The number of nitrogens with zero attached hydrogens (tertiary/aromatic N) is 3. The van der Waals surface area contributed by atoms with Gasteiger partial charge in [0.1, 0.15) is 17.3 Å². The fraction of sp³-hybridized carbons (Fsp3) is 0.333. The molecule has 0 radical (unpaired) electrons. The van der Waals surface area contributed by atoms with E-state index in [2.05, 4.69) is 15.5 Å². The van der Waals surface area contributed by atoms with E-state index in [0.717, 1.165) is 0 Å². The average molecular weight is 444 g/mol. The third-order valence-corrected chi connectivity index (χ3v) is 5.46. The maximum absolute atomic E-state index is 12.8. The fourth-order valence-electron chi connectivity index (χ4n) is 2.84. The third-order valence-electron chi connectivity index (χ3n) is 4.38. The lowest BCUT2D eigenvalue weighted by Gasteiger charge is -2.15. The number of benzene rings is 1. The molecule has 10 heteroatoms. The summed E-state index contributed by atoms with van der Waals surface area (Å²) in [5.74, 6) is 1.33. The van der Waals surface area contributed by atoms with Crippen LogP contribution in [0, 0.1) is 0 Å². The van der Waals surface area contributed by atoms with Gasteiger partial charge in [0, 0.05) is 12.8 Å². The van der Waals surface area contributed by atoms with Crippen molar-refractivity contribution in [1.29, 1.82) is 0 Å². The first kappa shape index (κ1) is 22.4. The topological polar surface area (TPSA) is 125 Å². The van der Waals surface area contributed by atoms with Crippen molar-refractivity contribution in [2.75, 3.05) is 11.9 Å². The van der Waals surface area contributed by atoms with Crippen molar-refractivity contribution in [2.45, 2.75) is 43.6 Å². The van der Waals surface area contributed by atoms with Crippen LogP contribution in [-0.2, 0) is 22.6 Å². The Morgan fingerprint density at radius 3 is 2.77 bits per heavy atom. The highest BCUT2D eigenvalue weighted by Crippen LogP contribution is 2.28. The van der Waals surface area contributed by atoms with Gasteiger partial charge in [-0.05, 0) is 38.1 Å². The number of ether oxygens (including phenoxy) is 1. The first-order valence-electron chi connectivity index (χ1n) is 9.90. The summed E-state index contributed by atoms with van der Waals surface area (Å²) < 4.78 is 12.8. The highest BCUT2D eigenvalue weighted by Gasteiger charge is 2.22. The minimum absolute atomic E-state index is 0.158. The molecule has 0 saturated carbocycles. The number of furan rings is 1. The van der Waals surface area contributed by atoms with E-state index in [1.165, 1.54) is 11.8 Å². The molecule has 2 amide bonds. The molecule has 0 aliphatic carbocycles. The second-order valence-corrected chi connectivity index (χ2v) is 8.02. The van der Waals surface area contributed by atoms with E-state index in [-0.39, 0.29) is 12.3 Å². The molecule has 0 spiro atoms. The van der Waals surface area contributed by atoms with Gasteiger partial charge in [-0.1, -0.05) is 23.9 Å². The number of anilines is 1. The van der Waals surface area contributed by atoms with Gasteiger partial charge < -0.3 is 20.2 Å². The van der Waals surface area contributed by atoms with Gasteiger partial charge in [0.2, 0.25) is 11.8 Å². The van der Waals surface area contributed by atoms with E-state index < -0.39 is 11.2 Å². The number of para-hydroxylation sites is 2. The van der Waals surface area contributed by atoms with Crippen molar-refractivity contribution in [3.8, 4) is 5.75 Å². The Balaban J connectivity index is 1.74. The molecule has 31 heavy (non-hydrogen) atoms. The highest BCUT2D eigenvalue weighted by molar-refractivity contribution is 8.00. The molecule has 0 fully saturated rings. The van der Waals surface area contributed by atoms with Crippen LogP contribution >= 0.6 is 11.8 Å². The van der Waals surface area contributed by atoms with Crippen LogP contribution in [0.15, 0.2) is 52.2 Å². The van der Waals surface area contributed by atoms with Crippen molar-refractivity contribution in [2.24, 2.45) is 5.73 Å². The number of carbonyl (C=O) groups is 2. The second-order valence-electron chi connectivity index (χ2n) is 6.71. The molecule has 0 aliphatic heterocycles. The quantitative estimate of drug-likeness (QED) is 0.437. The first-order valence-corrected chi connectivity index (χ1v) is 10.8. The molecule has 2 heterocycles. The summed E-state index contributed by atoms with van der Waals surface area (Å²) in [5, 5.41) is 11.4. The molecule has 9 nitrogen and oxygen atoms in total. The lowest BCUT2D eigenvalue weighted by atomic mass is 10.3. The van der Waals surface area contributed by atoms with Gasteiger partial charge in [-0.25, -0.2) is 0 Å². The van der Waals surface area contributed by atoms with Gasteiger partial charge >= 0.3 is 0 Å². The van der Waals surface area contributed by atoms with E-state index in [1.54, 1.807) is 25.3 Å². The van der Waals surface area contributed by atoms with Crippen LogP contribution < -0.4 is 15.8 Å². The highest BCUT2D eigenvalue weighted by atomic mass is 32.2. The summed E-state index contributed by atoms with van der Waals surface area (Å²) in [7, 11) is 0. The van der Waals surface area contributed by atoms with Crippen molar-refractivity contribution < 1.29 is 18.7 Å². The molecule has 1 unspecified atom stereocenters. The summed E-state index contributed by atoms with van der Waals surface area (Å²) in [6.45, 7) is 4.57. The van der Waals surface area contributed by atoms with Crippen molar-refractivity contribution in [1.82, 2.24) is 14.8 Å². The molecular weight excluding hydrogens is 418 g/mol. The number of primary amides is 1. The van der Waals surface area contributed by atoms with Crippen LogP contribution in [0.5, 0.6) is 5.75 Å². The average Bonchev–Trinajstić information content (AvgIpc) is 3.39. The fourth-order valence-corrected chi connectivity index (χ4v) is 3.71.